The number of carbonyl (C=O) groups is 5. The normalized spacial score (nSPS) is 16.9. The van der Waals surface area contributed by atoms with Gasteiger partial charge in [-0.3, -0.25) is 19.2 Å². The van der Waals surface area contributed by atoms with E-state index in [9.17, 15) is 24.0 Å². The van der Waals surface area contributed by atoms with Crippen LogP contribution in [0.15, 0.2) is 66.7 Å². The van der Waals surface area contributed by atoms with Crippen LogP contribution in [0.25, 0.3) is 10.9 Å². The van der Waals surface area contributed by atoms with Crippen LogP contribution in [-0.2, 0) is 25.6 Å². The number of amides is 4. The summed E-state index contributed by atoms with van der Waals surface area (Å²) in [5, 5.41) is 11.9. The van der Waals surface area contributed by atoms with Crippen molar-refractivity contribution in [2.75, 3.05) is 6.54 Å². The van der Waals surface area contributed by atoms with Gasteiger partial charge in [-0.15, -0.1) is 0 Å². The van der Waals surface area contributed by atoms with Crippen molar-refractivity contribution in [3.8, 4) is 0 Å². The fourth-order valence-corrected chi connectivity index (χ4v) is 4.87. The van der Waals surface area contributed by atoms with Crippen LogP contribution in [0.4, 0.5) is 0 Å². The second-order valence-corrected chi connectivity index (χ2v) is 10.6. The van der Waals surface area contributed by atoms with Crippen LogP contribution in [0.1, 0.15) is 42.7 Å². The smallest absolute Gasteiger partial charge is 0.270 e. The molecule has 3 aromatic rings. The molecule has 1 aromatic heterocycles. The number of carbonyl (C=O) groups excluding carboxylic acids is 5. The highest BCUT2D eigenvalue weighted by molar-refractivity contribution is 5.99. The maximum Gasteiger partial charge on any atom is 0.270 e. The highest BCUT2D eigenvalue weighted by Gasteiger charge is 2.32. The third kappa shape index (κ3) is 7.75. The predicted molar refractivity (Wildman–Crippen MR) is 154 cm³/mol. The summed E-state index contributed by atoms with van der Waals surface area (Å²) in [6.07, 6.45) is 1.54. The topological polar surface area (TPSA) is 146 Å². The van der Waals surface area contributed by atoms with Crippen LogP contribution in [0.5, 0.6) is 0 Å². The van der Waals surface area contributed by atoms with Gasteiger partial charge in [0.25, 0.3) is 5.91 Å². The Morgan fingerprint density at radius 3 is 2.37 bits per heavy atom. The Bertz CT molecular complexity index is 1410. The highest BCUT2D eigenvalue weighted by atomic mass is 16.2. The summed E-state index contributed by atoms with van der Waals surface area (Å²) in [6, 6.07) is 17.1. The van der Waals surface area contributed by atoms with Crippen LogP contribution in [-0.4, -0.2) is 59.6 Å². The predicted octanol–water partition coefficient (Wildman–Crippen LogP) is 1.93. The average molecular weight is 558 g/mol. The molecule has 10 nitrogen and oxygen atoms in total. The van der Waals surface area contributed by atoms with Gasteiger partial charge in [0.15, 0.2) is 0 Å². The molecule has 4 atom stereocenters. The first-order valence-electron chi connectivity index (χ1n) is 13.8. The summed E-state index contributed by atoms with van der Waals surface area (Å²) in [5.41, 5.74) is 1.63. The number of rotatable bonds is 12. The van der Waals surface area contributed by atoms with Crippen molar-refractivity contribution in [2.45, 2.75) is 51.2 Å². The molecule has 0 bridgehead atoms. The number of pyridine rings is 1. The molecule has 1 saturated heterocycles. The largest absolute Gasteiger partial charge is 0.356 e. The van der Waals surface area contributed by atoms with Crippen molar-refractivity contribution >= 4 is 40.8 Å². The van der Waals surface area contributed by atoms with Gasteiger partial charge in [0.05, 0.1) is 11.6 Å². The summed E-state index contributed by atoms with van der Waals surface area (Å²) < 4.78 is 0. The highest BCUT2D eigenvalue weighted by Crippen LogP contribution is 2.16. The van der Waals surface area contributed by atoms with E-state index >= 15 is 0 Å². The molecule has 0 aliphatic carbocycles. The number of nitrogens with zero attached hydrogens (tertiary/aromatic N) is 1. The van der Waals surface area contributed by atoms with Gasteiger partial charge in [-0.25, -0.2) is 4.98 Å². The van der Waals surface area contributed by atoms with Gasteiger partial charge in [0, 0.05) is 24.3 Å². The standard InChI is InChI=1S/C31H35N5O5/c1-19(2)27(36-29(39)25-13-12-21-10-6-7-11-24(21)34-25)31(41)35-26(16-20-8-4-3-5-9-20)30(40)33-23(18-37)17-22-14-15-32-28(22)38/h3-13,18-19,22-23,26-27H,14-17H2,1-2H3,(H,32,38)(H,33,40)(H,35,41)(H,36,39)/t22-,23-,26-,27-/m0/s1. The fourth-order valence-electron chi connectivity index (χ4n) is 4.87. The second-order valence-electron chi connectivity index (χ2n) is 10.6. The number of para-hydroxylation sites is 1. The van der Waals surface area contributed by atoms with Crippen molar-refractivity contribution in [3.05, 3.63) is 78.0 Å². The Labute approximate surface area is 238 Å². The van der Waals surface area contributed by atoms with E-state index in [0.29, 0.717) is 24.8 Å². The number of hydrogen-bond donors (Lipinski definition) is 4. The van der Waals surface area contributed by atoms with Crippen molar-refractivity contribution in [3.63, 3.8) is 0 Å². The van der Waals surface area contributed by atoms with Gasteiger partial charge in [0.1, 0.15) is 24.1 Å². The van der Waals surface area contributed by atoms with E-state index in [4.69, 9.17) is 0 Å². The molecule has 214 valence electrons. The molecule has 2 heterocycles. The summed E-state index contributed by atoms with van der Waals surface area (Å²) in [7, 11) is 0. The van der Waals surface area contributed by atoms with E-state index in [0.717, 1.165) is 10.9 Å². The lowest BCUT2D eigenvalue weighted by atomic mass is 9.98. The van der Waals surface area contributed by atoms with Gasteiger partial charge in [-0.05, 0) is 36.5 Å². The number of aromatic nitrogens is 1. The average Bonchev–Trinajstić information content (AvgIpc) is 3.38. The van der Waals surface area contributed by atoms with Crippen LogP contribution in [0, 0.1) is 11.8 Å². The summed E-state index contributed by atoms with van der Waals surface area (Å²) >= 11 is 0. The first-order valence-corrected chi connectivity index (χ1v) is 13.8. The number of nitrogens with one attached hydrogen (secondary N) is 4. The molecule has 0 radical (unpaired) electrons. The van der Waals surface area contributed by atoms with Crippen LogP contribution in [0.2, 0.25) is 0 Å². The van der Waals surface area contributed by atoms with Crippen molar-refractivity contribution in [1.29, 1.82) is 0 Å². The second kappa shape index (κ2) is 13.6. The molecule has 41 heavy (non-hydrogen) atoms. The lowest BCUT2D eigenvalue weighted by Crippen LogP contribution is -2.57. The van der Waals surface area contributed by atoms with Crippen molar-refractivity contribution in [1.82, 2.24) is 26.3 Å². The molecule has 1 fully saturated rings. The van der Waals surface area contributed by atoms with Crippen LogP contribution >= 0.6 is 0 Å². The Kier molecular flexibility index (Phi) is 9.78. The summed E-state index contributed by atoms with van der Waals surface area (Å²) in [6.45, 7) is 4.12. The lowest BCUT2D eigenvalue weighted by Gasteiger charge is -2.26. The van der Waals surface area contributed by atoms with Crippen molar-refractivity contribution in [2.24, 2.45) is 11.8 Å². The van der Waals surface area contributed by atoms with Gasteiger partial charge < -0.3 is 26.1 Å². The molecule has 0 saturated carbocycles. The zero-order valence-corrected chi connectivity index (χ0v) is 23.1. The molecular weight excluding hydrogens is 522 g/mol. The first kappa shape index (κ1) is 29.4. The third-order valence-electron chi connectivity index (χ3n) is 7.18. The Hall–Kier alpha value is -4.60. The Morgan fingerprint density at radius 2 is 1.68 bits per heavy atom. The van der Waals surface area contributed by atoms with Gasteiger partial charge in [0.2, 0.25) is 17.7 Å². The van der Waals surface area contributed by atoms with Crippen LogP contribution < -0.4 is 21.3 Å². The van der Waals surface area contributed by atoms with E-state index in [2.05, 4.69) is 26.3 Å². The maximum atomic E-state index is 13.5. The molecule has 0 unspecified atom stereocenters. The third-order valence-corrected chi connectivity index (χ3v) is 7.18. The number of aldehydes is 1. The molecule has 2 aromatic carbocycles. The minimum atomic E-state index is -1.03. The molecule has 1 aliphatic heterocycles. The molecule has 0 spiro atoms. The van der Waals surface area contributed by atoms with Gasteiger partial charge in [-0.2, -0.15) is 0 Å². The van der Waals surface area contributed by atoms with E-state index in [-0.39, 0.29) is 36.3 Å². The quantitative estimate of drug-likeness (QED) is 0.250. The van der Waals surface area contributed by atoms with Gasteiger partial charge in [-0.1, -0.05) is 68.4 Å². The molecule has 10 heteroatoms. The molecule has 1 aliphatic rings. The minimum Gasteiger partial charge on any atom is -0.356 e. The zero-order valence-electron chi connectivity index (χ0n) is 23.1. The molecular formula is C31H35N5O5. The van der Waals surface area contributed by atoms with E-state index in [1.165, 1.54) is 0 Å². The summed E-state index contributed by atoms with van der Waals surface area (Å²) in [5.74, 6) is -2.41. The lowest BCUT2D eigenvalue weighted by molar-refractivity contribution is -0.131. The van der Waals surface area contributed by atoms with Crippen LogP contribution in [0.3, 0.4) is 0 Å². The number of benzene rings is 2. The number of fused-ring (bicyclic) bond motifs is 1. The SMILES string of the molecule is CC(C)[C@H](NC(=O)c1ccc2ccccc2n1)C(=O)N[C@@H](Cc1ccccc1)C(=O)N[C@H](C=O)C[C@@H]1CCNC1=O. The Morgan fingerprint density at radius 1 is 0.951 bits per heavy atom. The fraction of sp³-hybridized carbons (Fsp3) is 0.355. The first-order chi connectivity index (χ1) is 19.7. The summed E-state index contributed by atoms with van der Waals surface area (Å²) in [4.78, 5) is 68.2. The molecule has 4 rings (SSSR count). The molecule has 4 amide bonds. The monoisotopic (exact) mass is 557 g/mol. The molecule has 4 N–H and O–H groups in total. The van der Waals surface area contributed by atoms with E-state index < -0.39 is 35.8 Å². The zero-order chi connectivity index (χ0) is 29.4. The Balaban J connectivity index is 1.48. The number of hydrogen-bond acceptors (Lipinski definition) is 6. The maximum absolute atomic E-state index is 13.5. The van der Waals surface area contributed by atoms with Crippen molar-refractivity contribution < 1.29 is 24.0 Å². The van der Waals surface area contributed by atoms with E-state index in [1.54, 1.807) is 32.0 Å². The minimum absolute atomic E-state index is 0.142. The van der Waals surface area contributed by atoms with Gasteiger partial charge >= 0.3 is 0 Å². The van der Waals surface area contributed by atoms with E-state index in [1.807, 2.05) is 48.5 Å².